The number of benzene rings is 1. The molecule has 1 unspecified atom stereocenters. The number of carbonyl (C=O) groups excluding carboxylic acids is 1. The topological polar surface area (TPSA) is 81.8 Å². The van der Waals surface area contributed by atoms with Gasteiger partial charge in [-0.3, -0.25) is 4.79 Å². The van der Waals surface area contributed by atoms with E-state index in [0.717, 1.165) is 38.9 Å². The van der Waals surface area contributed by atoms with Crippen LogP contribution in [0.4, 0.5) is 5.69 Å². The lowest BCUT2D eigenvalue weighted by molar-refractivity contribution is -0.117. The molecule has 1 atom stereocenters. The summed E-state index contributed by atoms with van der Waals surface area (Å²) < 4.78 is 27.4. The lowest BCUT2D eigenvalue weighted by Gasteiger charge is -2.20. The van der Waals surface area contributed by atoms with Crippen molar-refractivity contribution in [3.05, 3.63) is 24.3 Å². The first-order valence-electron chi connectivity index (χ1n) is 8.80. The highest BCUT2D eigenvalue weighted by molar-refractivity contribution is 7.89. The van der Waals surface area contributed by atoms with Gasteiger partial charge in [0.15, 0.2) is 0 Å². The van der Waals surface area contributed by atoms with E-state index in [1.807, 2.05) is 7.05 Å². The van der Waals surface area contributed by atoms with Crippen LogP contribution in [0.5, 0.6) is 0 Å². The van der Waals surface area contributed by atoms with Gasteiger partial charge in [-0.1, -0.05) is 6.07 Å². The zero-order valence-corrected chi connectivity index (χ0v) is 17.8. The molecule has 154 valence electrons. The summed E-state index contributed by atoms with van der Waals surface area (Å²) in [5, 5.41) is 5.97. The van der Waals surface area contributed by atoms with Crippen LogP contribution in [0, 0.1) is 0 Å². The van der Waals surface area contributed by atoms with Crippen LogP contribution in [0.3, 0.4) is 0 Å². The Morgan fingerprint density at radius 2 is 1.93 bits per heavy atom. The first kappa shape index (κ1) is 24.1. The van der Waals surface area contributed by atoms with Crippen LogP contribution in [0.15, 0.2) is 29.2 Å². The van der Waals surface area contributed by atoms with Gasteiger partial charge in [-0.2, -0.15) is 4.31 Å². The van der Waals surface area contributed by atoms with E-state index < -0.39 is 10.0 Å². The monoisotopic (exact) mass is 438 g/mol. The number of amides is 1. The van der Waals surface area contributed by atoms with Gasteiger partial charge < -0.3 is 15.5 Å². The smallest absolute Gasteiger partial charge is 0.243 e. The second-order valence-corrected chi connectivity index (χ2v) is 8.66. The minimum Gasteiger partial charge on any atom is -0.325 e. The summed E-state index contributed by atoms with van der Waals surface area (Å²) >= 11 is 0. The van der Waals surface area contributed by atoms with E-state index in [1.54, 1.807) is 24.3 Å². The molecule has 2 heterocycles. The van der Waals surface area contributed by atoms with Crippen LogP contribution in [0.2, 0.25) is 0 Å². The van der Waals surface area contributed by atoms with E-state index in [1.165, 1.54) is 4.31 Å². The Hall–Kier alpha value is -0.900. The predicted octanol–water partition coefficient (Wildman–Crippen LogP) is 1.55. The third-order valence-corrected chi connectivity index (χ3v) is 6.69. The predicted molar refractivity (Wildman–Crippen MR) is 111 cm³/mol. The molecule has 0 saturated carbocycles. The normalized spacial score (nSPS) is 21.6. The zero-order valence-electron chi connectivity index (χ0n) is 15.4. The molecule has 27 heavy (non-hydrogen) atoms. The van der Waals surface area contributed by atoms with Crippen molar-refractivity contribution in [1.29, 1.82) is 0 Å². The Morgan fingerprint density at radius 1 is 1.15 bits per heavy atom. The van der Waals surface area contributed by atoms with Gasteiger partial charge in [-0.25, -0.2) is 8.42 Å². The number of sulfonamides is 1. The summed E-state index contributed by atoms with van der Waals surface area (Å²) in [5.41, 5.74) is 0.520. The Bertz CT molecular complexity index is 727. The van der Waals surface area contributed by atoms with Crippen molar-refractivity contribution < 1.29 is 13.2 Å². The molecule has 2 fully saturated rings. The molecule has 0 bridgehead atoms. The highest BCUT2D eigenvalue weighted by atomic mass is 35.5. The molecule has 1 amide bonds. The fourth-order valence-electron chi connectivity index (χ4n) is 3.28. The van der Waals surface area contributed by atoms with Gasteiger partial charge in [0.1, 0.15) is 0 Å². The fourth-order valence-corrected chi connectivity index (χ4v) is 4.80. The van der Waals surface area contributed by atoms with Gasteiger partial charge in [0.05, 0.1) is 10.9 Å². The van der Waals surface area contributed by atoms with E-state index in [0.29, 0.717) is 18.8 Å². The second kappa shape index (κ2) is 10.6. The quantitative estimate of drug-likeness (QED) is 0.744. The minimum absolute atomic E-state index is 0. The summed E-state index contributed by atoms with van der Waals surface area (Å²) in [4.78, 5) is 14.6. The molecule has 2 saturated heterocycles. The highest BCUT2D eigenvalue weighted by Crippen LogP contribution is 2.21. The lowest BCUT2D eigenvalue weighted by atomic mass is 10.2. The number of nitrogens with one attached hydrogen (secondary N) is 2. The average molecular weight is 439 g/mol. The maximum Gasteiger partial charge on any atom is 0.243 e. The van der Waals surface area contributed by atoms with Gasteiger partial charge in [-0.15, -0.1) is 24.8 Å². The molecule has 0 aliphatic carbocycles. The molecule has 2 aliphatic rings. The molecular formula is C17H28Cl2N4O3S. The van der Waals surface area contributed by atoms with Crippen LogP contribution in [-0.4, -0.2) is 69.3 Å². The van der Waals surface area contributed by atoms with E-state index >= 15 is 0 Å². The van der Waals surface area contributed by atoms with Crippen LogP contribution >= 0.6 is 24.8 Å². The molecule has 2 N–H and O–H groups in total. The number of anilines is 1. The number of hydrogen-bond donors (Lipinski definition) is 2. The number of likely N-dealkylation sites (N-methyl/N-ethyl adjacent to an activating group) is 1. The zero-order chi connectivity index (χ0) is 17.9. The largest absolute Gasteiger partial charge is 0.325 e. The second-order valence-electron chi connectivity index (χ2n) is 6.73. The Kier molecular flexibility index (Phi) is 9.47. The van der Waals surface area contributed by atoms with Crippen molar-refractivity contribution >= 4 is 46.4 Å². The molecule has 0 spiro atoms. The molecular weight excluding hydrogens is 411 g/mol. The van der Waals surface area contributed by atoms with Crippen molar-refractivity contribution in [2.45, 2.75) is 30.2 Å². The number of hydrogen-bond acceptors (Lipinski definition) is 5. The van der Waals surface area contributed by atoms with Crippen molar-refractivity contribution in [3.63, 3.8) is 0 Å². The summed E-state index contributed by atoms with van der Waals surface area (Å²) in [6.45, 7) is 3.48. The van der Waals surface area contributed by atoms with Crippen molar-refractivity contribution in [2.24, 2.45) is 0 Å². The maximum atomic E-state index is 12.9. The molecule has 7 nitrogen and oxygen atoms in total. The number of halogens is 2. The lowest BCUT2D eigenvalue weighted by Crippen LogP contribution is -2.36. The standard InChI is InChI=1S/C17H26N4O3S.2ClH/c1-20-9-4-10-21(12-11-20)25(23,24)15-6-2-5-14(13-15)19-17(22)16-7-3-8-18-16;;/h2,5-6,13,16,18H,3-4,7-12H2,1H3,(H,19,22);2*1H. The van der Waals surface area contributed by atoms with Gasteiger partial charge in [0, 0.05) is 25.3 Å². The number of nitrogens with zero attached hydrogens (tertiary/aromatic N) is 2. The molecule has 0 radical (unpaired) electrons. The third kappa shape index (κ3) is 6.04. The van der Waals surface area contributed by atoms with Crippen molar-refractivity contribution in [3.8, 4) is 0 Å². The van der Waals surface area contributed by atoms with Crippen molar-refractivity contribution in [1.82, 2.24) is 14.5 Å². The summed E-state index contributed by atoms with van der Waals surface area (Å²) in [5.74, 6) is -0.108. The molecule has 2 aliphatic heterocycles. The van der Waals surface area contributed by atoms with Gasteiger partial charge >= 0.3 is 0 Å². The summed E-state index contributed by atoms with van der Waals surface area (Å²) in [6.07, 6.45) is 2.61. The van der Waals surface area contributed by atoms with Gasteiger partial charge in [-0.05, 0) is 57.6 Å². The van der Waals surface area contributed by atoms with Crippen LogP contribution in [0.25, 0.3) is 0 Å². The van der Waals surface area contributed by atoms with E-state index in [-0.39, 0.29) is 41.7 Å². The highest BCUT2D eigenvalue weighted by Gasteiger charge is 2.27. The van der Waals surface area contributed by atoms with Gasteiger partial charge in [0.25, 0.3) is 0 Å². The maximum absolute atomic E-state index is 12.9. The Morgan fingerprint density at radius 3 is 2.63 bits per heavy atom. The minimum atomic E-state index is -3.55. The van der Waals surface area contributed by atoms with Crippen LogP contribution in [-0.2, 0) is 14.8 Å². The van der Waals surface area contributed by atoms with E-state index in [9.17, 15) is 13.2 Å². The fraction of sp³-hybridized carbons (Fsp3) is 0.588. The van der Waals surface area contributed by atoms with Crippen LogP contribution < -0.4 is 10.6 Å². The number of carbonyl (C=O) groups is 1. The van der Waals surface area contributed by atoms with Crippen LogP contribution in [0.1, 0.15) is 19.3 Å². The summed E-state index contributed by atoms with van der Waals surface area (Å²) in [7, 11) is -1.54. The van der Waals surface area contributed by atoms with E-state index in [2.05, 4.69) is 15.5 Å². The SMILES string of the molecule is CN1CCCN(S(=O)(=O)c2cccc(NC(=O)C3CCCN3)c2)CC1.Cl.Cl. The number of rotatable bonds is 4. The van der Waals surface area contributed by atoms with E-state index in [4.69, 9.17) is 0 Å². The molecule has 0 aromatic heterocycles. The third-order valence-electron chi connectivity index (χ3n) is 4.79. The Labute approximate surface area is 173 Å². The average Bonchev–Trinajstić information content (AvgIpc) is 3.04. The summed E-state index contributed by atoms with van der Waals surface area (Å²) in [6, 6.07) is 6.35. The Balaban J connectivity index is 0.00000182. The van der Waals surface area contributed by atoms with Crippen molar-refractivity contribution in [2.75, 3.05) is 45.1 Å². The van der Waals surface area contributed by atoms with Gasteiger partial charge in [0.2, 0.25) is 15.9 Å². The first-order valence-corrected chi connectivity index (χ1v) is 10.2. The molecule has 1 aromatic carbocycles. The molecule has 1 aromatic rings. The molecule has 3 rings (SSSR count). The first-order chi connectivity index (χ1) is 12.0. The molecule has 10 heteroatoms.